The van der Waals surface area contributed by atoms with Crippen molar-refractivity contribution < 1.29 is 9.84 Å². The predicted octanol–water partition coefficient (Wildman–Crippen LogP) is 3.84. The maximum Gasteiger partial charge on any atom is 0.159 e. The fourth-order valence-electron chi connectivity index (χ4n) is 2.97. The summed E-state index contributed by atoms with van der Waals surface area (Å²) in [5.41, 5.74) is 1.37. The van der Waals surface area contributed by atoms with Crippen LogP contribution >= 0.6 is 11.6 Å². The fraction of sp³-hybridized carbons (Fsp3) is 0.333. The third-order valence-electron chi connectivity index (χ3n) is 4.34. The second-order valence-electron chi connectivity index (χ2n) is 6.11. The number of aliphatic hydroxyl groups excluding tert-OH is 1. The van der Waals surface area contributed by atoms with E-state index in [9.17, 15) is 5.11 Å². The van der Waals surface area contributed by atoms with Gasteiger partial charge in [-0.2, -0.15) is 0 Å². The molecule has 0 fully saturated rings. The molecule has 2 aromatic rings. The van der Waals surface area contributed by atoms with E-state index < -0.39 is 5.54 Å². The van der Waals surface area contributed by atoms with Crippen molar-refractivity contribution in [1.82, 2.24) is 0 Å². The van der Waals surface area contributed by atoms with Crippen LogP contribution in [0.15, 0.2) is 54.6 Å². The highest BCUT2D eigenvalue weighted by atomic mass is 35.5. The van der Waals surface area contributed by atoms with Crippen molar-refractivity contribution in [1.29, 1.82) is 0 Å². The monoisotopic (exact) mass is 355 g/mol. The highest BCUT2D eigenvalue weighted by molar-refractivity contribution is 6.17. The number of anilines is 1. The first-order chi connectivity index (χ1) is 12.3. The van der Waals surface area contributed by atoms with Crippen LogP contribution in [0, 0.1) is 11.8 Å². The molecule has 0 bridgehead atoms. The summed E-state index contributed by atoms with van der Waals surface area (Å²) in [5.74, 6) is 7.87. The Balaban J connectivity index is 1.98. The van der Waals surface area contributed by atoms with Crippen LogP contribution in [0.3, 0.4) is 0 Å². The van der Waals surface area contributed by atoms with E-state index in [1.54, 1.807) is 0 Å². The third-order valence-corrected chi connectivity index (χ3v) is 4.61. The molecule has 0 saturated heterocycles. The minimum atomic E-state index is -0.753. The molecule has 0 radical (unpaired) electrons. The molecule has 0 aliphatic carbocycles. The van der Waals surface area contributed by atoms with E-state index in [2.05, 4.69) is 28.9 Å². The number of aliphatic hydroxyl groups is 1. The molecule has 25 heavy (non-hydrogen) atoms. The predicted molar refractivity (Wildman–Crippen MR) is 102 cm³/mol. The van der Waals surface area contributed by atoms with Crippen molar-refractivity contribution in [3.63, 3.8) is 0 Å². The van der Waals surface area contributed by atoms with Gasteiger partial charge in [-0.1, -0.05) is 48.4 Å². The minimum Gasteiger partial charge on any atom is -0.488 e. The lowest BCUT2D eigenvalue weighted by molar-refractivity contribution is 0.148. The van der Waals surface area contributed by atoms with Gasteiger partial charge in [0.15, 0.2) is 5.54 Å². The molecule has 2 aromatic carbocycles. The van der Waals surface area contributed by atoms with Crippen LogP contribution in [0.25, 0.3) is 0 Å². The Morgan fingerprint density at radius 3 is 2.64 bits per heavy atom. The zero-order chi connectivity index (χ0) is 17.5. The molecule has 0 unspecified atom stereocenters. The first-order valence-electron chi connectivity index (χ1n) is 8.49. The second kappa shape index (κ2) is 8.29. The van der Waals surface area contributed by atoms with Crippen molar-refractivity contribution in [2.45, 2.75) is 24.9 Å². The van der Waals surface area contributed by atoms with Crippen LogP contribution < -0.4 is 9.64 Å². The number of alkyl halides is 1. The smallest absolute Gasteiger partial charge is 0.159 e. The molecule has 0 amide bonds. The van der Waals surface area contributed by atoms with E-state index in [1.165, 1.54) is 5.56 Å². The van der Waals surface area contributed by atoms with E-state index in [-0.39, 0.29) is 6.61 Å². The van der Waals surface area contributed by atoms with E-state index in [1.807, 2.05) is 42.5 Å². The van der Waals surface area contributed by atoms with Gasteiger partial charge in [0.25, 0.3) is 0 Å². The number of hydrogen-bond donors (Lipinski definition) is 1. The summed E-state index contributed by atoms with van der Waals surface area (Å²) in [4.78, 5) is 2.16. The van der Waals surface area contributed by atoms with Crippen molar-refractivity contribution in [2.24, 2.45) is 0 Å². The van der Waals surface area contributed by atoms with Gasteiger partial charge in [-0.05, 0) is 24.1 Å². The first-order valence-corrected chi connectivity index (χ1v) is 9.03. The molecule has 3 nitrogen and oxygen atoms in total. The minimum absolute atomic E-state index is 0.0952. The molecule has 4 heteroatoms. The molecule has 130 valence electrons. The van der Waals surface area contributed by atoms with Gasteiger partial charge in [-0.3, -0.25) is 0 Å². The number of halogens is 1. The van der Waals surface area contributed by atoms with E-state index in [0.29, 0.717) is 25.5 Å². The van der Waals surface area contributed by atoms with Crippen LogP contribution in [0.1, 0.15) is 18.4 Å². The third kappa shape index (κ3) is 3.92. The van der Waals surface area contributed by atoms with Gasteiger partial charge >= 0.3 is 0 Å². The average Bonchev–Trinajstić information content (AvgIpc) is 2.67. The van der Waals surface area contributed by atoms with Gasteiger partial charge in [0.2, 0.25) is 0 Å². The maximum atomic E-state index is 10.2. The maximum absolute atomic E-state index is 10.2. The molecule has 1 N–H and O–H groups in total. The Labute approximate surface area is 154 Å². The van der Waals surface area contributed by atoms with Gasteiger partial charge in [-0.25, -0.2) is 0 Å². The molecule has 1 heterocycles. The zero-order valence-electron chi connectivity index (χ0n) is 14.1. The van der Waals surface area contributed by atoms with Crippen molar-refractivity contribution in [3.05, 3.63) is 60.2 Å². The SMILES string of the molecule is OC[C@@]1(C#CCCCCl)COc2ccccc2N1Cc1ccccc1. The first kappa shape index (κ1) is 17.7. The summed E-state index contributed by atoms with van der Waals surface area (Å²) in [6.07, 6.45) is 1.55. The van der Waals surface area contributed by atoms with Crippen LogP contribution in [0.4, 0.5) is 5.69 Å². The average molecular weight is 356 g/mol. The molecule has 0 aromatic heterocycles. The molecule has 3 rings (SSSR count). The van der Waals surface area contributed by atoms with Gasteiger partial charge < -0.3 is 14.7 Å². The molecular formula is C21H22ClNO2. The van der Waals surface area contributed by atoms with E-state index in [0.717, 1.165) is 17.9 Å². The number of para-hydroxylation sites is 2. The lowest BCUT2D eigenvalue weighted by atomic mass is 9.95. The molecule has 0 spiro atoms. The Morgan fingerprint density at radius 2 is 1.88 bits per heavy atom. The topological polar surface area (TPSA) is 32.7 Å². The van der Waals surface area contributed by atoms with Gasteiger partial charge in [0, 0.05) is 18.8 Å². The lowest BCUT2D eigenvalue weighted by Crippen LogP contribution is -2.57. The number of rotatable bonds is 5. The zero-order valence-corrected chi connectivity index (χ0v) is 14.9. The quantitative estimate of drug-likeness (QED) is 0.502. The fourth-order valence-corrected chi connectivity index (χ4v) is 3.10. The van der Waals surface area contributed by atoms with Crippen molar-refractivity contribution >= 4 is 17.3 Å². The Morgan fingerprint density at radius 1 is 1.12 bits per heavy atom. The normalized spacial score (nSPS) is 18.7. The summed E-state index contributed by atoms with van der Waals surface area (Å²) in [5, 5.41) is 10.2. The van der Waals surface area contributed by atoms with Crippen molar-refractivity contribution in [2.75, 3.05) is 24.0 Å². The molecular weight excluding hydrogens is 334 g/mol. The summed E-state index contributed by atoms with van der Waals surface area (Å²) in [6.45, 7) is 0.898. The molecule has 1 atom stereocenters. The number of fused-ring (bicyclic) bond motifs is 1. The standard InChI is InChI=1S/C21H22ClNO2/c22-14-8-2-7-13-21(16-24)17-25-20-12-6-5-11-19(20)23(21)15-18-9-3-1-4-10-18/h1,3-6,9-12,24H,2,8,14-17H2/t21-/m0/s1. The van der Waals surface area contributed by atoms with Crippen LogP contribution in [0.2, 0.25) is 0 Å². The highest BCUT2D eigenvalue weighted by Crippen LogP contribution is 2.38. The summed E-state index contributed by atoms with van der Waals surface area (Å²) >= 11 is 5.74. The Bertz CT molecular complexity index is 753. The van der Waals surface area contributed by atoms with E-state index >= 15 is 0 Å². The number of hydrogen-bond acceptors (Lipinski definition) is 3. The number of unbranched alkanes of at least 4 members (excludes halogenated alkanes) is 1. The van der Waals surface area contributed by atoms with E-state index in [4.69, 9.17) is 16.3 Å². The Kier molecular flexibility index (Phi) is 5.86. The highest BCUT2D eigenvalue weighted by Gasteiger charge is 2.40. The molecule has 0 saturated carbocycles. The number of ether oxygens (including phenoxy) is 1. The van der Waals surface area contributed by atoms with Gasteiger partial charge in [0.05, 0.1) is 12.3 Å². The number of nitrogens with zero attached hydrogens (tertiary/aromatic N) is 1. The van der Waals surface area contributed by atoms with Gasteiger partial charge in [-0.15, -0.1) is 17.5 Å². The van der Waals surface area contributed by atoms with Crippen LogP contribution in [0.5, 0.6) is 5.75 Å². The van der Waals surface area contributed by atoms with Gasteiger partial charge in [0.1, 0.15) is 12.4 Å². The second-order valence-corrected chi connectivity index (χ2v) is 6.49. The van der Waals surface area contributed by atoms with Crippen LogP contribution in [-0.2, 0) is 6.54 Å². The van der Waals surface area contributed by atoms with Crippen molar-refractivity contribution in [3.8, 4) is 17.6 Å². The number of benzene rings is 2. The Hall–Kier alpha value is -2.15. The molecule has 1 aliphatic rings. The molecule has 1 aliphatic heterocycles. The largest absolute Gasteiger partial charge is 0.488 e. The summed E-state index contributed by atoms with van der Waals surface area (Å²) in [7, 11) is 0. The summed E-state index contributed by atoms with van der Waals surface area (Å²) in [6, 6.07) is 18.1. The summed E-state index contributed by atoms with van der Waals surface area (Å²) < 4.78 is 5.93. The lowest BCUT2D eigenvalue weighted by Gasteiger charge is -2.44. The van der Waals surface area contributed by atoms with Crippen LogP contribution in [-0.4, -0.2) is 29.7 Å².